The van der Waals surface area contributed by atoms with Gasteiger partial charge in [-0.3, -0.25) is 4.57 Å². The van der Waals surface area contributed by atoms with Crippen LogP contribution in [0.4, 0.5) is 4.79 Å². The molecule has 1 aromatic heterocycles. The summed E-state index contributed by atoms with van der Waals surface area (Å²) < 4.78 is 7.34. The highest BCUT2D eigenvalue weighted by Gasteiger charge is 2.17. The van der Waals surface area contributed by atoms with Crippen molar-refractivity contribution in [3.05, 3.63) is 59.4 Å². The van der Waals surface area contributed by atoms with Crippen LogP contribution in [0, 0.1) is 0 Å². The van der Waals surface area contributed by atoms with Gasteiger partial charge in [0.15, 0.2) is 0 Å². The summed E-state index contributed by atoms with van der Waals surface area (Å²) in [6.07, 6.45) is 0.122. The second-order valence-corrected chi connectivity index (χ2v) is 7.39. The number of fused-ring (bicyclic) bond motifs is 1. The normalized spacial score (nSPS) is 11.5. The van der Waals surface area contributed by atoms with E-state index in [-0.39, 0.29) is 0 Å². The molecule has 136 valence electrons. The van der Waals surface area contributed by atoms with Gasteiger partial charge in [-0.2, -0.15) is 0 Å². The number of rotatable bonds is 4. The number of nitrogens with one attached hydrogen (secondary N) is 1. The van der Waals surface area contributed by atoms with E-state index in [0.717, 1.165) is 22.5 Å². The zero-order chi connectivity index (χ0) is 18.7. The topological polar surface area (TPSA) is 56.1 Å². The van der Waals surface area contributed by atoms with Gasteiger partial charge in [-0.25, -0.2) is 9.78 Å². The first-order chi connectivity index (χ1) is 12.3. The first kappa shape index (κ1) is 18.3. The van der Waals surface area contributed by atoms with Crippen LogP contribution in [0.1, 0.15) is 26.6 Å². The van der Waals surface area contributed by atoms with Crippen molar-refractivity contribution in [2.75, 3.05) is 6.54 Å². The number of hydrogen-bond acceptors (Lipinski definition) is 3. The third-order valence-electron chi connectivity index (χ3n) is 3.74. The fourth-order valence-electron chi connectivity index (χ4n) is 2.74. The van der Waals surface area contributed by atoms with Gasteiger partial charge in [0.05, 0.1) is 10.5 Å². The molecule has 26 heavy (non-hydrogen) atoms. The van der Waals surface area contributed by atoms with E-state index in [1.165, 1.54) is 0 Å². The molecule has 0 aliphatic heterocycles. The maximum atomic E-state index is 11.8. The summed E-state index contributed by atoms with van der Waals surface area (Å²) in [6, 6.07) is 15.7. The van der Waals surface area contributed by atoms with Gasteiger partial charge in [-0.05, 0) is 45.0 Å². The number of nitrogens with zero attached hydrogens (tertiary/aromatic N) is 2. The summed E-state index contributed by atoms with van der Waals surface area (Å²) >= 11 is 6.32. The van der Waals surface area contributed by atoms with E-state index < -0.39 is 11.7 Å². The Morgan fingerprint density at radius 2 is 1.88 bits per heavy atom. The van der Waals surface area contributed by atoms with Gasteiger partial charge in [0.25, 0.3) is 0 Å². The van der Waals surface area contributed by atoms with Crippen molar-refractivity contribution in [2.24, 2.45) is 0 Å². The minimum Gasteiger partial charge on any atom is -0.444 e. The van der Waals surface area contributed by atoms with Crippen molar-refractivity contribution in [3.63, 3.8) is 0 Å². The van der Waals surface area contributed by atoms with E-state index in [1.807, 2.05) is 69.3 Å². The zero-order valence-corrected chi connectivity index (χ0v) is 15.9. The van der Waals surface area contributed by atoms with Crippen molar-refractivity contribution in [3.8, 4) is 5.69 Å². The number of carbonyl (C=O) groups excluding carboxylic acids is 1. The Labute approximate surface area is 157 Å². The highest BCUT2D eigenvalue weighted by Crippen LogP contribution is 2.27. The Balaban J connectivity index is 1.86. The van der Waals surface area contributed by atoms with Crippen molar-refractivity contribution < 1.29 is 9.53 Å². The maximum Gasteiger partial charge on any atom is 0.407 e. The Kier molecular flexibility index (Phi) is 5.18. The summed E-state index contributed by atoms with van der Waals surface area (Å²) in [4.78, 5) is 16.5. The molecule has 0 saturated heterocycles. The van der Waals surface area contributed by atoms with E-state index >= 15 is 0 Å². The van der Waals surface area contributed by atoms with Crippen LogP contribution < -0.4 is 5.32 Å². The molecule has 0 saturated carbocycles. The van der Waals surface area contributed by atoms with Crippen LogP contribution in [0.3, 0.4) is 0 Å². The molecule has 5 nitrogen and oxygen atoms in total. The number of carbonyl (C=O) groups is 1. The molecule has 6 heteroatoms. The number of ether oxygens (including phenoxy) is 1. The molecule has 3 aromatic rings. The molecule has 1 amide bonds. The highest BCUT2D eigenvalue weighted by atomic mass is 35.5. The molecule has 0 bridgehead atoms. The second-order valence-electron chi connectivity index (χ2n) is 6.99. The fraction of sp³-hybridized carbons (Fsp3) is 0.300. The van der Waals surface area contributed by atoms with E-state index in [0.29, 0.717) is 18.0 Å². The smallest absolute Gasteiger partial charge is 0.407 e. The standard InChI is InChI=1S/C20H22ClN3O2/c1-20(2,3)26-19(25)22-13-12-17-23-18-15(21)10-7-11-16(18)24(17)14-8-5-4-6-9-14/h4-11H,12-13H2,1-3H3,(H,22,25). The molecule has 0 fully saturated rings. The van der Waals surface area contributed by atoms with E-state index in [9.17, 15) is 4.79 Å². The molecule has 2 aromatic carbocycles. The average Bonchev–Trinajstić information content (AvgIpc) is 2.94. The molecule has 0 aliphatic carbocycles. The van der Waals surface area contributed by atoms with Gasteiger partial charge in [0.2, 0.25) is 0 Å². The molecule has 3 rings (SSSR count). The van der Waals surface area contributed by atoms with E-state index in [2.05, 4.69) is 9.88 Å². The Morgan fingerprint density at radius 1 is 1.15 bits per heavy atom. The molecule has 0 atom stereocenters. The quantitative estimate of drug-likeness (QED) is 0.720. The van der Waals surface area contributed by atoms with Crippen LogP contribution >= 0.6 is 11.6 Å². The lowest BCUT2D eigenvalue weighted by atomic mass is 10.2. The molecule has 1 N–H and O–H groups in total. The SMILES string of the molecule is CC(C)(C)OC(=O)NCCc1nc2c(Cl)cccc2n1-c1ccccc1. The number of imidazole rings is 1. The lowest BCUT2D eigenvalue weighted by Gasteiger charge is -2.19. The fourth-order valence-corrected chi connectivity index (χ4v) is 2.95. The zero-order valence-electron chi connectivity index (χ0n) is 15.1. The lowest BCUT2D eigenvalue weighted by Crippen LogP contribution is -2.33. The van der Waals surface area contributed by atoms with E-state index in [1.54, 1.807) is 0 Å². The number of halogens is 1. The lowest BCUT2D eigenvalue weighted by molar-refractivity contribution is 0.0528. The Bertz CT molecular complexity index is 914. The molecular formula is C20H22ClN3O2. The molecule has 0 aliphatic rings. The van der Waals surface area contributed by atoms with E-state index in [4.69, 9.17) is 21.3 Å². The Morgan fingerprint density at radius 3 is 2.58 bits per heavy atom. The molecule has 0 unspecified atom stereocenters. The van der Waals surface area contributed by atoms with Crippen LogP contribution in [-0.2, 0) is 11.2 Å². The van der Waals surface area contributed by atoms with Crippen molar-refractivity contribution in [1.29, 1.82) is 0 Å². The summed E-state index contributed by atoms with van der Waals surface area (Å²) in [5, 5.41) is 3.39. The van der Waals surface area contributed by atoms with Crippen molar-refractivity contribution in [1.82, 2.24) is 14.9 Å². The van der Waals surface area contributed by atoms with Crippen LogP contribution in [-0.4, -0.2) is 27.8 Å². The summed E-state index contributed by atoms with van der Waals surface area (Å²) in [7, 11) is 0. The van der Waals surface area contributed by atoms with Gasteiger partial charge in [0.1, 0.15) is 16.9 Å². The molecule has 1 heterocycles. The second kappa shape index (κ2) is 7.38. The average molecular weight is 372 g/mol. The summed E-state index contributed by atoms with van der Waals surface area (Å²) in [6.45, 7) is 5.93. The van der Waals surface area contributed by atoms with Crippen LogP contribution in [0.15, 0.2) is 48.5 Å². The largest absolute Gasteiger partial charge is 0.444 e. The predicted molar refractivity (Wildman–Crippen MR) is 104 cm³/mol. The van der Waals surface area contributed by atoms with Crippen LogP contribution in [0.5, 0.6) is 0 Å². The Hall–Kier alpha value is -2.53. The molecule has 0 radical (unpaired) electrons. The number of para-hydroxylation sites is 2. The molecule has 0 spiro atoms. The van der Waals surface area contributed by atoms with Gasteiger partial charge in [-0.15, -0.1) is 0 Å². The highest BCUT2D eigenvalue weighted by molar-refractivity contribution is 6.34. The monoisotopic (exact) mass is 371 g/mol. The van der Waals surface area contributed by atoms with Crippen molar-refractivity contribution >= 4 is 28.7 Å². The predicted octanol–water partition coefficient (Wildman–Crippen LogP) is 4.75. The van der Waals surface area contributed by atoms with Gasteiger partial charge in [-0.1, -0.05) is 35.9 Å². The third-order valence-corrected chi connectivity index (χ3v) is 4.04. The third kappa shape index (κ3) is 4.17. The first-order valence-electron chi connectivity index (χ1n) is 8.53. The summed E-state index contributed by atoms with van der Waals surface area (Å²) in [5.41, 5.74) is 2.18. The van der Waals surface area contributed by atoms with Crippen LogP contribution in [0.25, 0.3) is 16.7 Å². The summed E-state index contributed by atoms with van der Waals surface area (Å²) in [5.74, 6) is 0.829. The van der Waals surface area contributed by atoms with Gasteiger partial charge < -0.3 is 10.1 Å². The molecular weight excluding hydrogens is 350 g/mol. The number of aromatic nitrogens is 2. The maximum absolute atomic E-state index is 11.8. The van der Waals surface area contributed by atoms with Crippen molar-refractivity contribution in [2.45, 2.75) is 32.8 Å². The van der Waals surface area contributed by atoms with Gasteiger partial charge in [0, 0.05) is 18.7 Å². The number of alkyl carbamates (subject to hydrolysis) is 1. The minimum atomic E-state index is -0.519. The minimum absolute atomic E-state index is 0.419. The number of hydrogen-bond donors (Lipinski definition) is 1. The van der Waals surface area contributed by atoms with Gasteiger partial charge >= 0.3 is 6.09 Å². The number of amides is 1. The van der Waals surface area contributed by atoms with Crippen LogP contribution in [0.2, 0.25) is 5.02 Å². The number of benzene rings is 2. The first-order valence-corrected chi connectivity index (χ1v) is 8.91.